The number of nitrogens with zero attached hydrogens (tertiary/aromatic N) is 2. The topological polar surface area (TPSA) is 67.3 Å². The summed E-state index contributed by atoms with van der Waals surface area (Å²) in [4.78, 5) is 8.86. The van der Waals surface area contributed by atoms with E-state index in [0.717, 1.165) is 23.8 Å². The number of thioether (sulfide) groups is 1. The number of ether oxygens (including phenoxy) is 1. The van der Waals surface area contributed by atoms with E-state index in [1.54, 1.807) is 11.8 Å². The van der Waals surface area contributed by atoms with Crippen molar-refractivity contribution in [3.63, 3.8) is 0 Å². The first-order valence-electron chi connectivity index (χ1n) is 6.66. The van der Waals surface area contributed by atoms with Crippen molar-refractivity contribution in [2.45, 2.75) is 44.1 Å². The number of anilines is 1. The van der Waals surface area contributed by atoms with E-state index < -0.39 is 0 Å². The summed E-state index contributed by atoms with van der Waals surface area (Å²) in [5.41, 5.74) is 0. The molecule has 2 N–H and O–H groups in total. The van der Waals surface area contributed by atoms with Crippen molar-refractivity contribution in [3.05, 3.63) is 11.9 Å². The first kappa shape index (κ1) is 16.2. The molecular formula is C13H23N3O2S. The van der Waals surface area contributed by atoms with Crippen LogP contribution in [0.5, 0.6) is 0 Å². The quantitative estimate of drug-likeness (QED) is 0.536. The third kappa shape index (κ3) is 6.22. The monoisotopic (exact) mass is 285 g/mol. The molecule has 0 saturated heterocycles. The van der Waals surface area contributed by atoms with Crippen LogP contribution >= 0.6 is 11.8 Å². The van der Waals surface area contributed by atoms with E-state index in [2.05, 4.69) is 22.2 Å². The van der Waals surface area contributed by atoms with Crippen molar-refractivity contribution in [1.29, 1.82) is 0 Å². The summed E-state index contributed by atoms with van der Waals surface area (Å²) in [6, 6.07) is 1.92. The fourth-order valence-corrected chi connectivity index (χ4v) is 2.20. The minimum atomic E-state index is 0.119. The lowest BCUT2D eigenvalue weighted by Gasteiger charge is -2.11. The fraction of sp³-hybridized carbons (Fsp3) is 0.692. The van der Waals surface area contributed by atoms with Gasteiger partial charge in [-0.15, -0.1) is 11.8 Å². The zero-order chi connectivity index (χ0) is 14.1. The molecule has 0 aliphatic rings. The smallest absolute Gasteiger partial charge is 0.157 e. The van der Waals surface area contributed by atoms with Crippen molar-refractivity contribution < 1.29 is 9.84 Å². The molecule has 0 aliphatic heterocycles. The predicted octanol–water partition coefficient (Wildman–Crippen LogP) is 2.31. The van der Waals surface area contributed by atoms with E-state index in [1.807, 2.05) is 19.9 Å². The molecule has 1 rings (SSSR count). The van der Waals surface area contributed by atoms with Gasteiger partial charge in [-0.1, -0.05) is 13.8 Å². The van der Waals surface area contributed by atoms with E-state index in [9.17, 15) is 0 Å². The van der Waals surface area contributed by atoms with Gasteiger partial charge in [-0.05, 0) is 13.3 Å². The van der Waals surface area contributed by atoms with Gasteiger partial charge in [0.1, 0.15) is 17.5 Å². The Morgan fingerprint density at radius 1 is 1.42 bits per heavy atom. The van der Waals surface area contributed by atoms with Crippen LogP contribution in [0.15, 0.2) is 11.1 Å². The highest BCUT2D eigenvalue weighted by atomic mass is 32.2. The number of hydrogen-bond donors (Lipinski definition) is 2. The molecule has 0 fully saturated rings. The lowest BCUT2D eigenvalue weighted by Crippen LogP contribution is -2.08. The second kappa shape index (κ2) is 9.12. The Balaban J connectivity index is 2.81. The minimum Gasteiger partial charge on any atom is -0.395 e. The highest BCUT2D eigenvalue weighted by Crippen LogP contribution is 2.23. The Morgan fingerprint density at radius 3 is 2.84 bits per heavy atom. The van der Waals surface area contributed by atoms with E-state index >= 15 is 0 Å². The van der Waals surface area contributed by atoms with E-state index in [0.29, 0.717) is 19.0 Å². The van der Waals surface area contributed by atoms with Crippen LogP contribution in [-0.2, 0) is 11.3 Å². The first-order chi connectivity index (χ1) is 9.19. The highest BCUT2D eigenvalue weighted by Gasteiger charge is 2.09. The molecule has 5 nitrogen and oxygen atoms in total. The van der Waals surface area contributed by atoms with Gasteiger partial charge in [-0.2, -0.15) is 0 Å². The van der Waals surface area contributed by atoms with Crippen LogP contribution in [0.25, 0.3) is 0 Å². The normalized spacial score (nSPS) is 12.4. The van der Waals surface area contributed by atoms with Gasteiger partial charge in [-0.3, -0.25) is 0 Å². The van der Waals surface area contributed by atoms with Crippen LogP contribution in [0, 0.1) is 0 Å². The van der Waals surface area contributed by atoms with Crippen LogP contribution in [0.3, 0.4) is 0 Å². The maximum absolute atomic E-state index is 9.11. The van der Waals surface area contributed by atoms with E-state index in [1.165, 1.54) is 0 Å². The number of aliphatic hydroxyl groups excluding tert-OH is 1. The molecule has 1 aromatic heterocycles. The number of rotatable bonds is 9. The summed E-state index contributed by atoms with van der Waals surface area (Å²) >= 11 is 1.54. The predicted molar refractivity (Wildman–Crippen MR) is 78.5 cm³/mol. The molecule has 0 amide bonds. The Bertz CT molecular complexity index is 351. The Kier molecular flexibility index (Phi) is 7.78. The number of aliphatic hydroxyl groups is 1. The molecule has 1 atom stereocenters. The van der Waals surface area contributed by atoms with Crippen molar-refractivity contribution in [2.24, 2.45) is 0 Å². The number of nitrogens with one attached hydrogen (secondary N) is 1. The maximum Gasteiger partial charge on any atom is 0.157 e. The van der Waals surface area contributed by atoms with Gasteiger partial charge < -0.3 is 15.2 Å². The summed E-state index contributed by atoms with van der Waals surface area (Å²) in [6.45, 7) is 8.10. The van der Waals surface area contributed by atoms with Crippen LogP contribution < -0.4 is 5.32 Å². The molecule has 0 aliphatic carbocycles. The summed E-state index contributed by atoms with van der Waals surface area (Å²) in [7, 11) is 0. The second-order valence-corrected chi connectivity index (χ2v) is 5.64. The zero-order valence-electron chi connectivity index (χ0n) is 11.8. The van der Waals surface area contributed by atoms with Crippen LogP contribution in [-0.4, -0.2) is 40.1 Å². The van der Waals surface area contributed by atoms with Gasteiger partial charge in [0.15, 0.2) is 5.82 Å². The van der Waals surface area contributed by atoms with Gasteiger partial charge in [0, 0.05) is 24.5 Å². The van der Waals surface area contributed by atoms with Gasteiger partial charge in [0.25, 0.3) is 0 Å². The second-order valence-electron chi connectivity index (χ2n) is 4.18. The highest BCUT2D eigenvalue weighted by molar-refractivity contribution is 7.99. The van der Waals surface area contributed by atoms with Crippen LogP contribution in [0.2, 0.25) is 0 Å². The third-order valence-electron chi connectivity index (χ3n) is 2.32. The molecular weight excluding hydrogens is 262 g/mol. The Labute approximate surface area is 119 Å². The zero-order valence-corrected chi connectivity index (χ0v) is 12.7. The summed E-state index contributed by atoms with van der Waals surface area (Å²) < 4.78 is 5.35. The number of aromatic nitrogens is 2. The molecule has 1 unspecified atom stereocenters. The molecule has 0 aromatic carbocycles. The van der Waals surface area contributed by atoms with Crippen LogP contribution in [0.4, 0.5) is 5.82 Å². The van der Waals surface area contributed by atoms with Crippen molar-refractivity contribution >= 4 is 17.6 Å². The molecule has 6 heteroatoms. The van der Waals surface area contributed by atoms with E-state index in [4.69, 9.17) is 9.84 Å². The van der Waals surface area contributed by atoms with Crippen molar-refractivity contribution in [3.8, 4) is 0 Å². The number of hydrogen-bond acceptors (Lipinski definition) is 6. The fourth-order valence-electron chi connectivity index (χ4n) is 1.38. The van der Waals surface area contributed by atoms with Crippen LogP contribution in [0.1, 0.15) is 33.0 Å². The maximum atomic E-state index is 9.11. The van der Waals surface area contributed by atoms with E-state index in [-0.39, 0.29) is 11.9 Å². The minimum absolute atomic E-state index is 0.119. The van der Waals surface area contributed by atoms with Gasteiger partial charge in [0.2, 0.25) is 0 Å². The Morgan fingerprint density at radius 2 is 2.21 bits per heavy atom. The average molecular weight is 285 g/mol. The lowest BCUT2D eigenvalue weighted by atomic mass is 10.4. The lowest BCUT2D eigenvalue weighted by molar-refractivity contribution is 0.128. The SMILES string of the molecule is CCCNc1cc(SC(C)CO)nc(COCC)n1. The van der Waals surface area contributed by atoms with Gasteiger partial charge in [0.05, 0.1) is 6.61 Å². The standard InChI is InChI=1S/C13H23N3O2S/c1-4-6-14-11-7-13(19-10(3)8-17)16-12(15-11)9-18-5-2/h7,10,17H,4-6,8-9H2,1-3H3,(H,14,15,16). The molecule has 0 radical (unpaired) electrons. The molecule has 0 spiro atoms. The van der Waals surface area contributed by atoms with Crippen molar-refractivity contribution in [1.82, 2.24) is 9.97 Å². The summed E-state index contributed by atoms with van der Waals surface area (Å²) in [5.74, 6) is 1.50. The molecule has 0 bridgehead atoms. The molecule has 1 aromatic rings. The summed E-state index contributed by atoms with van der Waals surface area (Å²) in [5, 5.41) is 13.4. The molecule has 108 valence electrons. The Hall–Kier alpha value is -0.850. The largest absolute Gasteiger partial charge is 0.395 e. The van der Waals surface area contributed by atoms with Gasteiger partial charge >= 0.3 is 0 Å². The van der Waals surface area contributed by atoms with Gasteiger partial charge in [-0.25, -0.2) is 9.97 Å². The third-order valence-corrected chi connectivity index (χ3v) is 3.32. The molecule has 19 heavy (non-hydrogen) atoms. The molecule has 1 heterocycles. The van der Waals surface area contributed by atoms with Crippen molar-refractivity contribution in [2.75, 3.05) is 25.1 Å². The summed E-state index contributed by atoms with van der Waals surface area (Å²) in [6.07, 6.45) is 1.04. The average Bonchev–Trinajstić information content (AvgIpc) is 2.42. The first-order valence-corrected chi connectivity index (χ1v) is 7.54. The molecule has 0 saturated carbocycles.